The molecule has 0 fully saturated rings. The first-order valence-electron chi connectivity index (χ1n) is 4.16. The molecule has 1 aromatic carbocycles. The van der Waals surface area contributed by atoms with Crippen LogP contribution >= 0.6 is 11.6 Å². The van der Waals surface area contributed by atoms with Crippen molar-refractivity contribution in [3.05, 3.63) is 41.0 Å². The van der Waals surface area contributed by atoms with Gasteiger partial charge in [0.05, 0.1) is 16.0 Å². The molecule has 0 unspecified atom stereocenters. The standard InChI is InChI=1S/C10H5ClF3N/c11-9-6-2-1-5-15-8(6)4-3-7(9)10(12,13)14/h1-5H/p+1. The summed E-state index contributed by atoms with van der Waals surface area (Å²) in [5.41, 5.74) is -0.230. The molecule has 1 aromatic heterocycles. The molecule has 0 aliphatic rings. The van der Waals surface area contributed by atoms with Crippen molar-refractivity contribution in [3.8, 4) is 0 Å². The molecule has 1 nitrogen and oxygen atoms in total. The highest BCUT2D eigenvalue weighted by Crippen LogP contribution is 2.37. The van der Waals surface area contributed by atoms with Gasteiger partial charge in [-0.3, -0.25) is 0 Å². The number of rotatable bonds is 0. The minimum Gasteiger partial charge on any atom is -0.211 e. The van der Waals surface area contributed by atoms with Gasteiger partial charge in [0.1, 0.15) is 0 Å². The SMILES string of the molecule is FC(F)(F)c1ccc2[nH+]cccc2c1Cl. The Hall–Kier alpha value is -1.29. The molecular formula is C10H6ClF3N+. The van der Waals surface area contributed by atoms with Gasteiger partial charge in [0, 0.05) is 12.1 Å². The Balaban J connectivity index is 2.76. The zero-order valence-electron chi connectivity index (χ0n) is 7.40. The summed E-state index contributed by atoms with van der Waals surface area (Å²) in [7, 11) is 0. The summed E-state index contributed by atoms with van der Waals surface area (Å²) in [4.78, 5) is 2.82. The van der Waals surface area contributed by atoms with Gasteiger partial charge in [-0.15, -0.1) is 0 Å². The molecule has 0 spiro atoms. The smallest absolute Gasteiger partial charge is 0.211 e. The van der Waals surface area contributed by atoms with Crippen LogP contribution in [0, 0.1) is 0 Å². The Kier molecular flexibility index (Phi) is 2.31. The number of H-pyrrole nitrogens is 1. The molecule has 1 N–H and O–H groups in total. The Labute approximate surface area is 88.5 Å². The molecule has 1 heterocycles. The van der Waals surface area contributed by atoms with E-state index in [9.17, 15) is 13.2 Å². The van der Waals surface area contributed by atoms with Crippen LogP contribution in [0.1, 0.15) is 5.56 Å². The molecule has 0 radical (unpaired) electrons. The van der Waals surface area contributed by atoms with Gasteiger partial charge in [-0.05, 0) is 12.1 Å². The fourth-order valence-electron chi connectivity index (χ4n) is 1.38. The Morgan fingerprint density at radius 3 is 2.53 bits per heavy atom. The summed E-state index contributed by atoms with van der Waals surface area (Å²) < 4.78 is 37.4. The Morgan fingerprint density at radius 1 is 1.13 bits per heavy atom. The molecule has 2 aromatic rings. The van der Waals surface area contributed by atoms with Crippen LogP contribution in [0.4, 0.5) is 13.2 Å². The summed E-state index contributed by atoms with van der Waals surface area (Å²) in [5, 5.41) is 0.103. The van der Waals surface area contributed by atoms with E-state index >= 15 is 0 Å². The first-order chi connectivity index (χ1) is 7.00. The number of fused-ring (bicyclic) bond motifs is 1. The van der Waals surface area contributed by atoms with E-state index < -0.39 is 11.7 Å². The van der Waals surface area contributed by atoms with E-state index in [0.29, 0.717) is 10.9 Å². The molecule has 0 saturated heterocycles. The number of aromatic nitrogens is 1. The van der Waals surface area contributed by atoms with Crippen molar-refractivity contribution in [1.82, 2.24) is 0 Å². The summed E-state index contributed by atoms with van der Waals surface area (Å²) in [6, 6.07) is 5.49. The molecule has 5 heteroatoms. The van der Waals surface area contributed by atoms with Crippen molar-refractivity contribution in [1.29, 1.82) is 0 Å². The highest BCUT2D eigenvalue weighted by Gasteiger charge is 2.34. The fourth-order valence-corrected chi connectivity index (χ4v) is 1.72. The molecule has 78 valence electrons. The quantitative estimate of drug-likeness (QED) is 0.662. The maximum atomic E-state index is 12.5. The maximum Gasteiger partial charge on any atom is 0.417 e. The Morgan fingerprint density at radius 2 is 1.87 bits per heavy atom. The van der Waals surface area contributed by atoms with Gasteiger partial charge in [-0.2, -0.15) is 13.2 Å². The lowest BCUT2D eigenvalue weighted by molar-refractivity contribution is -0.344. The van der Waals surface area contributed by atoms with Crippen LogP contribution < -0.4 is 4.98 Å². The molecule has 0 saturated carbocycles. The minimum absolute atomic E-state index is 0.267. The maximum absolute atomic E-state index is 12.5. The molecule has 0 aliphatic heterocycles. The average Bonchev–Trinajstić information content (AvgIpc) is 2.16. The number of hydrogen-bond acceptors (Lipinski definition) is 0. The van der Waals surface area contributed by atoms with Crippen molar-refractivity contribution in [2.24, 2.45) is 0 Å². The predicted molar refractivity (Wildman–Crippen MR) is 50.5 cm³/mol. The molecule has 2 rings (SSSR count). The largest absolute Gasteiger partial charge is 0.417 e. The van der Waals surface area contributed by atoms with Crippen LogP contribution in [-0.2, 0) is 6.18 Å². The summed E-state index contributed by atoms with van der Waals surface area (Å²) in [5.74, 6) is 0. The highest BCUT2D eigenvalue weighted by molar-refractivity contribution is 6.36. The van der Waals surface area contributed by atoms with Gasteiger partial charge >= 0.3 is 6.18 Å². The number of hydrogen-bond donors (Lipinski definition) is 0. The topological polar surface area (TPSA) is 14.1 Å². The van der Waals surface area contributed by atoms with E-state index in [-0.39, 0.29) is 5.02 Å². The van der Waals surface area contributed by atoms with Crippen molar-refractivity contribution in [2.45, 2.75) is 6.18 Å². The third-order valence-electron chi connectivity index (χ3n) is 2.08. The van der Waals surface area contributed by atoms with Crippen LogP contribution in [0.15, 0.2) is 30.5 Å². The number of aromatic amines is 1. The van der Waals surface area contributed by atoms with Crippen molar-refractivity contribution < 1.29 is 18.2 Å². The van der Waals surface area contributed by atoms with Crippen LogP contribution in [0.2, 0.25) is 5.02 Å². The number of halogens is 4. The molecule has 0 amide bonds. The van der Waals surface area contributed by atoms with Crippen molar-refractivity contribution in [2.75, 3.05) is 0 Å². The zero-order valence-corrected chi connectivity index (χ0v) is 8.15. The molecule has 0 bridgehead atoms. The average molecular weight is 233 g/mol. The van der Waals surface area contributed by atoms with E-state index in [0.717, 1.165) is 6.07 Å². The van der Waals surface area contributed by atoms with Gasteiger partial charge in [0.25, 0.3) is 0 Å². The second kappa shape index (κ2) is 3.38. The summed E-state index contributed by atoms with van der Waals surface area (Å²) in [6.45, 7) is 0. The first kappa shape index (κ1) is 10.2. The van der Waals surface area contributed by atoms with Crippen LogP contribution in [0.5, 0.6) is 0 Å². The lowest BCUT2D eigenvalue weighted by Gasteiger charge is -2.08. The van der Waals surface area contributed by atoms with E-state index in [1.165, 1.54) is 6.07 Å². The van der Waals surface area contributed by atoms with Crippen LogP contribution in [0.3, 0.4) is 0 Å². The van der Waals surface area contributed by atoms with Crippen molar-refractivity contribution in [3.63, 3.8) is 0 Å². The van der Waals surface area contributed by atoms with Gasteiger partial charge < -0.3 is 0 Å². The second-order valence-electron chi connectivity index (χ2n) is 3.06. The zero-order chi connectivity index (χ0) is 11.1. The van der Waals surface area contributed by atoms with Crippen LogP contribution in [-0.4, -0.2) is 0 Å². The normalized spacial score (nSPS) is 12.0. The van der Waals surface area contributed by atoms with E-state index in [4.69, 9.17) is 11.6 Å². The monoisotopic (exact) mass is 232 g/mol. The number of nitrogens with one attached hydrogen (secondary N) is 1. The second-order valence-corrected chi connectivity index (χ2v) is 3.43. The number of alkyl halides is 3. The highest BCUT2D eigenvalue weighted by atomic mass is 35.5. The summed E-state index contributed by atoms with van der Waals surface area (Å²) >= 11 is 5.69. The minimum atomic E-state index is -4.42. The van der Waals surface area contributed by atoms with E-state index in [2.05, 4.69) is 4.98 Å². The van der Waals surface area contributed by atoms with Gasteiger partial charge in [0.15, 0.2) is 6.20 Å². The lowest BCUT2D eigenvalue weighted by Crippen LogP contribution is -2.08. The molecule has 15 heavy (non-hydrogen) atoms. The third kappa shape index (κ3) is 1.77. The summed E-state index contributed by atoms with van der Waals surface area (Å²) in [6.07, 6.45) is -2.78. The Bertz CT molecular complexity index is 507. The van der Waals surface area contributed by atoms with Crippen LogP contribution in [0.25, 0.3) is 10.9 Å². The van der Waals surface area contributed by atoms with E-state index in [1.54, 1.807) is 18.3 Å². The third-order valence-corrected chi connectivity index (χ3v) is 2.49. The molecule has 0 atom stereocenters. The van der Waals surface area contributed by atoms with Gasteiger partial charge in [-0.1, -0.05) is 11.6 Å². The first-order valence-corrected chi connectivity index (χ1v) is 4.54. The van der Waals surface area contributed by atoms with Gasteiger partial charge in [-0.25, -0.2) is 4.98 Å². The van der Waals surface area contributed by atoms with Crippen molar-refractivity contribution >= 4 is 22.5 Å². The molecule has 0 aliphatic carbocycles. The number of benzene rings is 1. The molecular weight excluding hydrogens is 227 g/mol. The lowest BCUT2D eigenvalue weighted by atomic mass is 10.1. The predicted octanol–water partition coefficient (Wildman–Crippen LogP) is 3.33. The van der Waals surface area contributed by atoms with Gasteiger partial charge in [0.2, 0.25) is 5.52 Å². The number of pyridine rings is 1. The fraction of sp³-hybridized carbons (Fsp3) is 0.100. The van der Waals surface area contributed by atoms with E-state index in [1.807, 2.05) is 0 Å².